The van der Waals surface area contributed by atoms with E-state index < -0.39 is 12.0 Å². The highest BCUT2D eigenvalue weighted by Crippen LogP contribution is 2.28. The van der Waals surface area contributed by atoms with Gasteiger partial charge in [0.15, 0.2) is 0 Å². The van der Waals surface area contributed by atoms with Crippen LogP contribution >= 0.6 is 15.9 Å². The minimum Gasteiger partial charge on any atom is -0.490 e. The van der Waals surface area contributed by atoms with E-state index >= 15 is 0 Å². The van der Waals surface area contributed by atoms with Crippen LogP contribution < -0.4 is 10.1 Å². The minimum absolute atomic E-state index is 0.0875. The van der Waals surface area contributed by atoms with Gasteiger partial charge in [0, 0.05) is 32.4 Å². The molecule has 1 N–H and O–H groups in total. The maximum atomic E-state index is 13.1. The predicted molar refractivity (Wildman–Crippen MR) is 114 cm³/mol. The monoisotopic (exact) mass is 498 g/mol. The molecule has 10 heteroatoms. The lowest BCUT2D eigenvalue weighted by Gasteiger charge is -2.34. The van der Waals surface area contributed by atoms with E-state index in [2.05, 4.69) is 21.2 Å². The van der Waals surface area contributed by atoms with Crippen molar-refractivity contribution in [3.8, 4) is 5.75 Å². The number of piperazine rings is 1. The average molecular weight is 499 g/mol. The Morgan fingerprint density at radius 1 is 1.32 bits per heavy atom. The van der Waals surface area contributed by atoms with Gasteiger partial charge >= 0.3 is 5.97 Å². The summed E-state index contributed by atoms with van der Waals surface area (Å²) in [5.41, 5.74) is 0.392. The molecule has 3 rings (SSSR count). The SMILES string of the molecule is COCCOC(=O)CC1C(=O)NCCN1C(=O)c1ccc(OCC2CCCO2)c(Br)c1. The highest BCUT2D eigenvalue weighted by molar-refractivity contribution is 9.10. The molecule has 0 radical (unpaired) electrons. The summed E-state index contributed by atoms with van der Waals surface area (Å²) in [7, 11) is 1.50. The van der Waals surface area contributed by atoms with Gasteiger partial charge in [0.25, 0.3) is 5.91 Å². The Morgan fingerprint density at radius 3 is 2.87 bits per heavy atom. The van der Waals surface area contributed by atoms with Crippen molar-refractivity contribution >= 4 is 33.7 Å². The molecule has 0 aliphatic carbocycles. The van der Waals surface area contributed by atoms with Gasteiger partial charge in [-0.2, -0.15) is 0 Å². The van der Waals surface area contributed by atoms with Crippen LogP contribution in [0.5, 0.6) is 5.75 Å². The van der Waals surface area contributed by atoms with Crippen molar-refractivity contribution in [1.82, 2.24) is 10.2 Å². The molecule has 2 saturated heterocycles. The molecule has 2 fully saturated rings. The third-order valence-electron chi connectivity index (χ3n) is 5.13. The second-order valence-corrected chi connectivity index (χ2v) is 8.17. The molecule has 2 amide bonds. The number of methoxy groups -OCH3 is 1. The molecule has 2 aliphatic rings. The van der Waals surface area contributed by atoms with Crippen molar-refractivity contribution < 1.29 is 33.3 Å². The maximum absolute atomic E-state index is 13.1. The molecule has 2 unspecified atom stereocenters. The summed E-state index contributed by atoms with van der Waals surface area (Å²) in [5.74, 6) is -0.660. The highest BCUT2D eigenvalue weighted by Gasteiger charge is 2.35. The number of halogens is 1. The van der Waals surface area contributed by atoms with Crippen LogP contribution in [0.15, 0.2) is 22.7 Å². The Bertz CT molecular complexity index is 798. The summed E-state index contributed by atoms with van der Waals surface area (Å²) < 4.78 is 21.9. The average Bonchev–Trinajstić information content (AvgIpc) is 3.27. The van der Waals surface area contributed by atoms with Gasteiger partial charge in [-0.3, -0.25) is 14.4 Å². The van der Waals surface area contributed by atoms with Gasteiger partial charge in [-0.05, 0) is 47.0 Å². The number of hydrogen-bond donors (Lipinski definition) is 1. The zero-order chi connectivity index (χ0) is 22.2. The third kappa shape index (κ3) is 6.41. The van der Waals surface area contributed by atoms with Crippen LogP contribution in [0, 0.1) is 0 Å². The Labute approximate surface area is 189 Å². The van der Waals surface area contributed by atoms with E-state index in [9.17, 15) is 14.4 Å². The highest BCUT2D eigenvalue weighted by atomic mass is 79.9. The Hall–Kier alpha value is -2.17. The largest absolute Gasteiger partial charge is 0.490 e. The molecule has 0 saturated carbocycles. The van der Waals surface area contributed by atoms with E-state index in [1.807, 2.05) is 0 Å². The molecular formula is C21H27BrN2O7. The lowest BCUT2D eigenvalue weighted by molar-refractivity contribution is -0.148. The first-order valence-corrected chi connectivity index (χ1v) is 11.1. The number of amides is 2. The lowest BCUT2D eigenvalue weighted by atomic mass is 10.1. The Kier molecular flexibility index (Phi) is 8.68. The fourth-order valence-electron chi connectivity index (χ4n) is 3.49. The number of nitrogens with one attached hydrogen (secondary N) is 1. The molecule has 2 atom stereocenters. The smallest absolute Gasteiger partial charge is 0.308 e. The quantitative estimate of drug-likeness (QED) is 0.406. The van der Waals surface area contributed by atoms with E-state index in [0.717, 1.165) is 19.4 Å². The summed E-state index contributed by atoms with van der Waals surface area (Å²) in [4.78, 5) is 39.0. The molecule has 9 nitrogen and oxygen atoms in total. The lowest BCUT2D eigenvalue weighted by Crippen LogP contribution is -2.57. The van der Waals surface area contributed by atoms with E-state index in [-0.39, 0.29) is 37.6 Å². The number of ether oxygens (including phenoxy) is 4. The molecule has 2 heterocycles. The number of rotatable bonds is 9. The van der Waals surface area contributed by atoms with Crippen LogP contribution in [-0.4, -0.2) is 81.5 Å². The summed E-state index contributed by atoms with van der Waals surface area (Å²) in [6, 6.07) is 4.10. The van der Waals surface area contributed by atoms with Gasteiger partial charge < -0.3 is 29.2 Å². The Balaban J connectivity index is 1.64. The van der Waals surface area contributed by atoms with Crippen LogP contribution in [-0.2, 0) is 23.8 Å². The Morgan fingerprint density at radius 2 is 2.16 bits per heavy atom. The second-order valence-electron chi connectivity index (χ2n) is 7.31. The van der Waals surface area contributed by atoms with E-state index in [1.165, 1.54) is 12.0 Å². The molecule has 1 aromatic rings. The summed E-state index contributed by atoms with van der Waals surface area (Å²) in [5, 5.41) is 2.70. The number of nitrogens with zero attached hydrogens (tertiary/aromatic N) is 1. The molecule has 0 aromatic heterocycles. The van der Waals surface area contributed by atoms with Crippen LogP contribution in [0.1, 0.15) is 29.6 Å². The first-order chi connectivity index (χ1) is 15.0. The number of benzene rings is 1. The van der Waals surface area contributed by atoms with E-state index in [4.69, 9.17) is 18.9 Å². The predicted octanol–water partition coefficient (Wildman–Crippen LogP) is 1.53. The molecule has 0 bridgehead atoms. The van der Waals surface area contributed by atoms with Crippen LogP contribution in [0.25, 0.3) is 0 Å². The van der Waals surface area contributed by atoms with Gasteiger partial charge in [0.2, 0.25) is 5.91 Å². The van der Waals surface area contributed by atoms with Crippen LogP contribution in [0.2, 0.25) is 0 Å². The van der Waals surface area contributed by atoms with E-state index in [0.29, 0.717) is 35.5 Å². The number of hydrogen-bond acceptors (Lipinski definition) is 7. The second kappa shape index (κ2) is 11.4. The first-order valence-electron chi connectivity index (χ1n) is 10.3. The molecule has 1 aromatic carbocycles. The molecular weight excluding hydrogens is 472 g/mol. The van der Waals surface area contributed by atoms with Gasteiger partial charge in [-0.25, -0.2) is 0 Å². The van der Waals surface area contributed by atoms with Gasteiger partial charge in [-0.1, -0.05) is 0 Å². The van der Waals surface area contributed by atoms with Crippen molar-refractivity contribution in [2.45, 2.75) is 31.4 Å². The zero-order valence-electron chi connectivity index (χ0n) is 17.4. The van der Waals surface area contributed by atoms with Crippen molar-refractivity contribution in [3.63, 3.8) is 0 Å². The van der Waals surface area contributed by atoms with E-state index in [1.54, 1.807) is 18.2 Å². The summed E-state index contributed by atoms with van der Waals surface area (Å²) in [6.45, 7) is 2.19. The fourth-order valence-corrected chi connectivity index (χ4v) is 3.98. The topological polar surface area (TPSA) is 103 Å². The minimum atomic E-state index is -0.925. The van der Waals surface area contributed by atoms with Crippen molar-refractivity contribution in [2.24, 2.45) is 0 Å². The summed E-state index contributed by atoms with van der Waals surface area (Å²) >= 11 is 3.45. The maximum Gasteiger partial charge on any atom is 0.308 e. The van der Waals surface area contributed by atoms with Gasteiger partial charge in [0.05, 0.1) is 23.6 Å². The first kappa shape index (κ1) is 23.5. The summed E-state index contributed by atoms with van der Waals surface area (Å²) in [6.07, 6.45) is 1.88. The normalized spacial score (nSPS) is 21.0. The van der Waals surface area contributed by atoms with Gasteiger partial charge in [0.1, 0.15) is 25.0 Å². The number of carbonyl (C=O) groups excluding carboxylic acids is 3. The van der Waals surface area contributed by atoms with Crippen molar-refractivity contribution in [2.75, 3.05) is 46.6 Å². The van der Waals surface area contributed by atoms with Crippen LogP contribution in [0.3, 0.4) is 0 Å². The van der Waals surface area contributed by atoms with Crippen LogP contribution in [0.4, 0.5) is 0 Å². The van der Waals surface area contributed by atoms with Gasteiger partial charge in [-0.15, -0.1) is 0 Å². The fraction of sp³-hybridized carbons (Fsp3) is 0.571. The zero-order valence-corrected chi connectivity index (χ0v) is 19.0. The van der Waals surface area contributed by atoms with Crippen molar-refractivity contribution in [1.29, 1.82) is 0 Å². The van der Waals surface area contributed by atoms with Crippen molar-refractivity contribution in [3.05, 3.63) is 28.2 Å². The molecule has 170 valence electrons. The molecule has 0 spiro atoms. The number of carbonyl (C=O) groups is 3. The number of esters is 1. The molecule has 31 heavy (non-hydrogen) atoms. The molecule has 2 aliphatic heterocycles. The third-order valence-corrected chi connectivity index (χ3v) is 5.75. The standard InChI is InChI=1S/C21H27BrN2O7/c1-28-9-10-30-19(25)12-17-20(26)23-6-7-24(17)21(27)14-4-5-18(16(22)11-14)31-13-15-3-2-8-29-15/h4-5,11,15,17H,2-3,6-10,12-13H2,1H3,(H,23,26).